The van der Waals surface area contributed by atoms with Gasteiger partial charge in [-0.3, -0.25) is 9.69 Å². The lowest BCUT2D eigenvalue weighted by molar-refractivity contribution is 0.219. The summed E-state index contributed by atoms with van der Waals surface area (Å²) in [7, 11) is 1.67. The Kier molecular flexibility index (Phi) is 5.50. The van der Waals surface area contributed by atoms with Crippen molar-refractivity contribution >= 4 is 17.3 Å². The van der Waals surface area contributed by atoms with E-state index in [1.807, 2.05) is 24.3 Å². The van der Waals surface area contributed by atoms with Crippen molar-refractivity contribution in [3.05, 3.63) is 52.1 Å². The largest absolute Gasteiger partial charge is 0.502 e. The summed E-state index contributed by atoms with van der Waals surface area (Å²) in [5.74, 6) is 1.26. The van der Waals surface area contributed by atoms with Crippen LogP contribution in [0.1, 0.15) is 11.5 Å². The number of anilines is 1. The Hall–Kier alpha value is -2.18. The fourth-order valence-electron chi connectivity index (χ4n) is 3.00. The standard InChI is InChI=1S/C18H21ClN2O4/c1-24-16-5-3-2-4-14(16)21-8-6-20(7-9-21)12-17-18(23)15(22)10-13(11-19)25-17/h2-5,10,23H,6-9,11-12H2,1H3. The minimum Gasteiger partial charge on any atom is -0.502 e. The molecular weight excluding hydrogens is 344 g/mol. The van der Waals surface area contributed by atoms with Crippen molar-refractivity contribution in [1.29, 1.82) is 0 Å². The van der Waals surface area contributed by atoms with Crippen LogP contribution in [0.15, 0.2) is 39.5 Å². The van der Waals surface area contributed by atoms with Gasteiger partial charge in [0.05, 0.1) is 25.2 Å². The fraction of sp³-hybridized carbons (Fsp3) is 0.389. The number of para-hydroxylation sites is 2. The summed E-state index contributed by atoms with van der Waals surface area (Å²) >= 11 is 5.74. The second-order valence-corrected chi connectivity index (χ2v) is 6.18. The van der Waals surface area contributed by atoms with E-state index in [1.165, 1.54) is 6.07 Å². The molecule has 1 aromatic heterocycles. The number of alkyl halides is 1. The molecule has 0 bridgehead atoms. The summed E-state index contributed by atoms with van der Waals surface area (Å²) in [6.45, 7) is 3.59. The third kappa shape index (κ3) is 3.91. The monoisotopic (exact) mass is 364 g/mol. The van der Waals surface area contributed by atoms with Crippen LogP contribution >= 0.6 is 11.6 Å². The Morgan fingerprint density at radius 3 is 2.64 bits per heavy atom. The minimum atomic E-state index is -0.454. The van der Waals surface area contributed by atoms with Gasteiger partial charge in [-0.1, -0.05) is 12.1 Å². The van der Waals surface area contributed by atoms with Crippen molar-refractivity contribution in [2.24, 2.45) is 0 Å². The molecule has 0 unspecified atom stereocenters. The smallest absolute Gasteiger partial charge is 0.227 e. The molecular formula is C18H21ClN2O4. The number of hydrogen-bond donors (Lipinski definition) is 1. The lowest BCUT2D eigenvalue weighted by atomic mass is 10.2. The van der Waals surface area contributed by atoms with Crippen LogP contribution in [0.2, 0.25) is 0 Å². The van der Waals surface area contributed by atoms with E-state index < -0.39 is 5.43 Å². The van der Waals surface area contributed by atoms with E-state index in [9.17, 15) is 9.90 Å². The Bertz CT molecular complexity index is 785. The minimum absolute atomic E-state index is 0.101. The maximum atomic E-state index is 11.8. The van der Waals surface area contributed by atoms with Crippen LogP contribution < -0.4 is 15.1 Å². The molecule has 1 aromatic carbocycles. The molecule has 6 nitrogen and oxygen atoms in total. The third-order valence-electron chi connectivity index (χ3n) is 4.34. The molecule has 0 radical (unpaired) electrons. The maximum absolute atomic E-state index is 11.8. The highest BCUT2D eigenvalue weighted by molar-refractivity contribution is 6.16. The second kappa shape index (κ2) is 7.80. The molecule has 1 aliphatic heterocycles. The quantitative estimate of drug-likeness (QED) is 0.822. The van der Waals surface area contributed by atoms with Gasteiger partial charge in [0.15, 0.2) is 5.76 Å². The molecule has 3 rings (SSSR count). The average molecular weight is 365 g/mol. The van der Waals surface area contributed by atoms with Crippen molar-refractivity contribution in [3.8, 4) is 11.5 Å². The van der Waals surface area contributed by atoms with Gasteiger partial charge in [0.25, 0.3) is 0 Å². The number of halogens is 1. The first-order chi connectivity index (χ1) is 12.1. The Balaban J connectivity index is 1.67. The predicted molar refractivity (Wildman–Crippen MR) is 96.7 cm³/mol. The highest BCUT2D eigenvalue weighted by Crippen LogP contribution is 2.28. The van der Waals surface area contributed by atoms with Gasteiger partial charge >= 0.3 is 0 Å². The number of ether oxygens (including phenoxy) is 1. The molecule has 1 aliphatic rings. The zero-order valence-corrected chi connectivity index (χ0v) is 14.8. The van der Waals surface area contributed by atoms with Gasteiger partial charge < -0.3 is 19.2 Å². The van der Waals surface area contributed by atoms with E-state index in [4.69, 9.17) is 20.8 Å². The predicted octanol–water partition coefficient (Wildman–Crippen LogP) is 2.42. The van der Waals surface area contributed by atoms with Gasteiger partial charge in [0.1, 0.15) is 11.5 Å². The summed E-state index contributed by atoms with van der Waals surface area (Å²) in [5, 5.41) is 9.94. The molecule has 1 saturated heterocycles. The molecule has 134 valence electrons. The average Bonchev–Trinajstić information content (AvgIpc) is 2.65. The van der Waals surface area contributed by atoms with Gasteiger partial charge in [-0.25, -0.2) is 0 Å². The van der Waals surface area contributed by atoms with E-state index >= 15 is 0 Å². The SMILES string of the molecule is COc1ccccc1N1CCN(Cc2oc(CCl)cc(=O)c2O)CC1. The number of nitrogens with zero attached hydrogens (tertiary/aromatic N) is 2. The molecule has 1 fully saturated rings. The van der Waals surface area contributed by atoms with Gasteiger partial charge in [0, 0.05) is 32.2 Å². The number of hydrogen-bond acceptors (Lipinski definition) is 6. The highest BCUT2D eigenvalue weighted by atomic mass is 35.5. The van der Waals surface area contributed by atoms with Crippen molar-refractivity contribution in [1.82, 2.24) is 4.90 Å². The topological polar surface area (TPSA) is 66.2 Å². The Morgan fingerprint density at radius 2 is 1.96 bits per heavy atom. The van der Waals surface area contributed by atoms with Crippen LogP contribution in [0.3, 0.4) is 0 Å². The molecule has 0 saturated carbocycles. The van der Waals surface area contributed by atoms with Crippen LogP contribution in [0, 0.1) is 0 Å². The first-order valence-corrected chi connectivity index (χ1v) is 8.67. The number of aromatic hydroxyl groups is 1. The fourth-order valence-corrected chi connectivity index (χ4v) is 3.13. The summed E-state index contributed by atoms with van der Waals surface area (Å²) in [6, 6.07) is 9.17. The molecule has 0 spiro atoms. The second-order valence-electron chi connectivity index (χ2n) is 5.92. The van der Waals surface area contributed by atoms with Crippen LogP contribution in [0.25, 0.3) is 0 Å². The molecule has 0 atom stereocenters. The lowest BCUT2D eigenvalue weighted by Gasteiger charge is -2.36. The number of rotatable bonds is 5. The zero-order chi connectivity index (χ0) is 17.8. The van der Waals surface area contributed by atoms with E-state index in [-0.39, 0.29) is 17.4 Å². The number of benzene rings is 1. The first kappa shape index (κ1) is 17.6. The lowest BCUT2D eigenvalue weighted by Crippen LogP contribution is -2.46. The summed E-state index contributed by atoms with van der Waals surface area (Å²) in [6.07, 6.45) is 0. The van der Waals surface area contributed by atoms with Crippen LogP contribution in [0.5, 0.6) is 11.5 Å². The van der Waals surface area contributed by atoms with Crippen molar-refractivity contribution < 1.29 is 14.3 Å². The Morgan fingerprint density at radius 1 is 1.24 bits per heavy atom. The van der Waals surface area contributed by atoms with Gasteiger partial charge in [0.2, 0.25) is 11.2 Å². The Labute approximate surface area is 151 Å². The molecule has 2 heterocycles. The van der Waals surface area contributed by atoms with Gasteiger partial charge in [-0.05, 0) is 12.1 Å². The highest BCUT2D eigenvalue weighted by Gasteiger charge is 2.22. The normalized spacial score (nSPS) is 15.4. The molecule has 7 heteroatoms. The molecule has 2 aromatic rings. The van der Waals surface area contributed by atoms with E-state index in [0.717, 1.165) is 37.6 Å². The molecule has 25 heavy (non-hydrogen) atoms. The van der Waals surface area contributed by atoms with E-state index in [2.05, 4.69) is 9.80 Å². The molecule has 0 aliphatic carbocycles. The maximum Gasteiger partial charge on any atom is 0.227 e. The van der Waals surface area contributed by atoms with Gasteiger partial charge in [-0.15, -0.1) is 11.6 Å². The van der Waals surface area contributed by atoms with Crippen LogP contribution in [-0.4, -0.2) is 43.3 Å². The third-order valence-corrected chi connectivity index (χ3v) is 4.60. The van der Waals surface area contributed by atoms with E-state index in [1.54, 1.807) is 7.11 Å². The van der Waals surface area contributed by atoms with Crippen LogP contribution in [0.4, 0.5) is 5.69 Å². The first-order valence-electron chi connectivity index (χ1n) is 8.13. The zero-order valence-electron chi connectivity index (χ0n) is 14.1. The summed E-state index contributed by atoms with van der Waals surface area (Å²) < 4.78 is 11.0. The number of methoxy groups -OCH3 is 1. The van der Waals surface area contributed by atoms with Gasteiger partial charge in [-0.2, -0.15) is 0 Å². The summed E-state index contributed by atoms with van der Waals surface area (Å²) in [4.78, 5) is 16.2. The number of piperazine rings is 1. The summed E-state index contributed by atoms with van der Waals surface area (Å²) in [5.41, 5.74) is 0.618. The van der Waals surface area contributed by atoms with E-state index in [0.29, 0.717) is 12.3 Å². The van der Waals surface area contributed by atoms with Crippen molar-refractivity contribution in [2.45, 2.75) is 12.4 Å². The van der Waals surface area contributed by atoms with Crippen molar-refractivity contribution in [2.75, 3.05) is 38.2 Å². The molecule has 1 N–H and O–H groups in total. The van der Waals surface area contributed by atoms with Crippen LogP contribution in [-0.2, 0) is 12.4 Å². The van der Waals surface area contributed by atoms with Crippen molar-refractivity contribution in [3.63, 3.8) is 0 Å². The molecule has 0 amide bonds.